The summed E-state index contributed by atoms with van der Waals surface area (Å²) in [6.45, 7) is 4.76. The first-order valence-corrected chi connectivity index (χ1v) is 28.1. The molecule has 6 aromatic carbocycles. The number of nitrogens with zero attached hydrogens (tertiary/aromatic N) is 11. The molecule has 3 aliphatic rings. The Morgan fingerprint density at radius 2 is 0.942 bits per heavy atom. The lowest BCUT2D eigenvalue weighted by Gasteiger charge is -2.42. The predicted molar refractivity (Wildman–Crippen MR) is 335 cm³/mol. The fourth-order valence-electron chi connectivity index (χ4n) is 12.2. The van der Waals surface area contributed by atoms with Crippen molar-refractivity contribution in [2.45, 2.75) is 95.6 Å². The summed E-state index contributed by atoms with van der Waals surface area (Å²) >= 11 is 0. The highest BCUT2D eigenvalue weighted by Crippen LogP contribution is 2.44. The van der Waals surface area contributed by atoms with Gasteiger partial charge in [0.05, 0.1) is 17.4 Å². The molecule has 2 aromatic heterocycles. The van der Waals surface area contributed by atoms with Crippen LogP contribution in [0.4, 0.5) is 0 Å². The van der Waals surface area contributed by atoms with Crippen LogP contribution < -0.4 is 33.8 Å². The van der Waals surface area contributed by atoms with Crippen LogP contribution in [-0.2, 0) is 53.9 Å². The molecule has 0 unspecified atom stereocenters. The molecule has 0 bridgehead atoms. The van der Waals surface area contributed by atoms with Crippen LogP contribution in [0.15, 0.2) is 182 Å². The van der Waals surface area contributed by atoms with E-state index in [1.54, 1.807) is 4.90 Å². The van der Waals surface area contributed by atoms with Crippen LogP contribution in [0.25, 0.3) is 0 Å². The second-order valence-corrected chi connectivity index (χ2v) is 21.7. The molecule has 5 N–H and O–H groups in total. The maximum atomic E-state index is 14.0. The van der Waals surface area contributed by atoms with Gasteiger partial charge in [-0.2, -0.15) is 9.59 Å². The second-order valence-electron chi connectivity index (χ2n) is 21.7. The first-order valence-electron chi connectivity index (χ1n) is 28.1. The number of amides is 3. The fourth-order valence-corrected chi connectivity index (χ4v) is 12.2. The minimum absolute atomic E-state index is 0. The van der Waals surface area contributed by atoms with Gasteiger partial charge in [-0.3, -0.25) is 14.4 Å². The number of tetrazole rings is 2. The molecule has 456 valence electrons. The van der Waals surface area contributed by atoms with Crippen molar-refractivity contribution in [3.63, 3.8) is 0 Å². The van der Waals surface area contributed by atoms with Gasteiger partial charge in [0.2, 0.25) is 17.7 Å². The van der Waals surface area contributed by atoms with E-state index in [2.05, 4.69) is 169 Å². The lowest BCUT2D eigenvalue weighted by molar-refractivity contribution is -0.476. The number of aromatic nitrogens is 8. The van der Waals surface area contributed by atoms with E-state index in [0.29, 0.717) is 18.1 Å². The molecule has 18 nitrogen and oxygen atoms in total. The number of halogens is 1. The number of hydrogen-bond donors (Lipinski definition) is 3. The number of nitrogens with one attached hydrogen (secondary N) is 1. The van der Waals surface area contributed by atoms with Crippen molar-refractivity contribution in [3.8, 4) is 0 Å². The summed E-state index contributed by atoms with van der Waals surface area (Å²) in [7, 11) is 7.77. The Balaban J connectivity index is 0.000000253. The minimum Gasteiger partial charge on any atom is -1.00 e. The number of ether oxygens (including phenoxy) is 1. The van der Waals surface area contributed by atoms with Gasteiger partial charge in [0.1, 0.15) is 38.0 Å². The normalized spacial score (nSPS) is 15.5. The molecule has 3 saturated heterocycles. The third-order valence-corrected chi connectivity index (χ3v) is 16.3. The number of nitrogens with two attached hydrogens (primary N) is 2. The van der Waals surface area contributed by atoms with Crippen LogP contribution in [-0.4, -0.2) is 146 Å². The Labute approximate surface area is 518 Å². The van der Waals surface area contributed by atoms with Gasteiger partial charge in [0, 0.05) is 20.5 Å². The lowest BCUT2D eigenvalue weighted by atomic mass is 9.70. The van der Waals surface area contributed by atoms with E-state index in [9.17, 15) is 14.4 Å². The Bertz CT molecular complexity index is 3290. The standard InChI is InChI=1S/C32H37N7O2.C18H20NO.C14H18N6O.3CH4.BrH/c1-37(2)30(41)32(26-14-8-4-9-15-26,27-16-10-5-11-17-27)20-23-38-21-18-31(19-22-38,25-12-6-3-7-13-25)29-34-36-39(35-29)24-28(33)40;1-19(2)17-18(13-14-20-17,15-9-5-3-6-10-15)16-11-7-4-8-12-16;15-12(21)10-20-18-13(17-19-20)14(6-8-16-9-7-14)11-4-2-1-3-5-11;;;;/h3-17H,18-24H2,1-2H3,(H2,33,40);3-12H,13-14H2,1-2H3;1-5,16H,6-10H2,(H2,15,21);3*1H4;1H/q;+1;;;;;/p-1. The van der Waals surface area contributed by atoms with Gasteiger partial charge >= 0.3 is 5.90 Å². The molecule has 3 amide bonds. The molecule has 0 atom stereocenters. The molecule has 11 rings (SSSR count). The zero-order chi connectivity index (χ0) is 57.6. The van der Waals surface area contributed by atoms with Crippen LogP contribution in [0.1, 0.15) is 106 Å². The number of carbonyl (C=O) groups excluding carboxylic acids is 3. The summed E-state index contributed by atoms with van der Waals surface area (Å²) in [5.41, 5.74) is 15.8. The van der Waals surface area contributed by atoms with Gasteiger partial charge in [0.15, 0.2) is 11.6 Å². The quantitative estimate of drug-likeness (QED) is 0.111. The number of likely N-dealkylation sites (tertiary alicyclic amines) is 1. The Kier molecular flexibility index (Phi) is 24.9. The third-order valence-electron chi connectivity index (χ3n) is 16.3. The van der Waals surface area contributed by atoms with Crippen molar-refractivity contribution >= 4 is 23.6 Å². The van der Waals surface area contributed by atoms with Crippen molar-refractivity contribution in [1.29, 1.82) is 0 Å². The van der Waals surface area contributed by atoms with Crippen LogP contribution in [0.3, 0.4) is 0 Å². The van der Waals surface area contributed by atoms with Crippen LogP contribution in [0, 0.1) is 0 Å². The van der Waals surface area contributed by atoms with E-state index in [0.717, 1.165) is 94.0 Å². The first-order chi connectivity index (χ1) is 39.8. The molecule has 3 aliphatic heterocycles. The van der Waals surface area contributed by atoms with E-state index in [1.165, 1.54) is 26.3 Å². The molecular formula is C67H87BrN14O4. The highest BCUT2D eigenvalue weighted by molar-refractivity contribution is 5.92. The maximum Gasteiger partial charge on any atom is 0.351 e. The van der Waals surface area contributed by atoms with Crippen molar-refractivity contribution in [2.75, 3.05) is 67.5 Å². The Morgan fingerprint density at radius 3 is 1.31 bits per heavy atom. The highest BCUT2D eigenvalue weighted by atomic mass is 79.9. The third kappa shape index (κ3) is 14.9. The number of piperidine rings is 2. The number of hydrogen-bond acceptors (Lipinski definition) is 12. The van der Waals surface area contributed by atoms with Crippen LogP contribution in [0.5, 0.6) is 0 Å². The fraction of sp³-hybridized carbons (Fsp3) is 0.373. The van der Waals surface area contributed by atoms with Crippen molar-refractivity contribution in [1.82, 2.24) is 55.5 Å². The number of likely N-dealkylation sites (N-methyl/N-ethyl adjacent to an activating group) is 1. The van der Waals surface area contributed by atoms with E-state index in [1.807, 2.05) is 86.9 Å². The molecule has 0 aliphatic carbocycles. The summed E-state index contributed by atoms with van der Waals surface area (Å²) in [5.74, 6) is 1.39. The van der Waals surface area contributed by atoms with E-state index >= 15 is 0 Å². The SMILES string of the molecule is C.C.C.CN(C)C(=O)C(CCN1CCC(c2ccccc2)(c2nnn(CC(N)=O)n2)CC1)(c1ccccc1)c1ccccc1.C[N+](C)=C1OCCC1(c1ccccc1)c1ccccc1.NC(=O)Cn1nnc(C2(c3ccccc3)CCNCC2)n1.[Br-]. The molecule has 86 heavy (non-hydrogen) atoms. The number of rotatable bonds is 16. The Hall–Kier alpha value is -8.26. The maximum absolute atomic E-state index is 14.0. The van der Waals surface area contributed by atoms with Gasteiger partial charge < -0.3 is 48.3 Å². The zero-order valence-electron chi connectivity index (χ0n) is 47.8. The molecule has 0 radical (unpaired) electrons. The molecule has 0 saturated carbocycles. The molecule has 0 spiro atoms. The summed E-state index contributed by atoms with van der Waals surface area (Å²) in [6, 6.07) is 62.1. The smallest absolute Gasteiger partial charge is 0.351 e. The number of carbonyl (C=O) groups is 3. The average molecular weight is 1230 g/mol. The van der Waals surface area contributed by atoms with Gasteiger partial charge in [-0.15, -0.1) is 20.4 Å². The lowest BCUT2D eigenvalue weighted by Crippen LogP contribution is -3.00. The van der Waals surface area contributed by atoms with E-state index in [-0.39, 0.29) is 69.1 Å². The van der Waals surface area contributed by atoms with E-state index in [4.69, 9.17) is 16.2 Å². The summed E-state index contributed by atoms with van der Waals surface area (Å²) in [6.07, 6.45) is 4.99. The highest BCUT2D eigenvalue weighted by Gasteiger charge is 2.51. The van der Waals surface area contributed by atoms with Crippen molar-refractivity contribution in [3.05, 3.63) is 227 Å². The largest absolute Gasteiger partial charge is 1.00 e. The van der Waals surface area contributed by atoms with Gasteiger partial charge in [-0.1, -0.05) is 204 Å². The van der Waals surface area contributed by atoms with Gasteiger partial charge in [-0.25, -0.2) is 4.58 Å². The van der Waals surface area contributed by atoms with Crippen molar-refractivity contribution < 1.29 is 40.7 Å². The molecular weight excluding hydrogens is 1140 g/mol. The predicted octanol–water partition coefficient (Wildman–Crippen LogP) is 4.81. The van der Waals surface area contributed by atoms with Crippen LogP contribution in [0.2, 0.25) is 0 Å². The zero-order valence-corrected chi connectivity index (χ0v) is 49.4. The second kappa shape index (κ2) is 31.2. The molecule has 8 aromatic rings. The first kappa shape index (κ1) is 68.5. The monoisotopic (exact) mass is 1230 g/mol. The average Bonchev–Trinajstić information content (AvgIpc) is 4.38. The van der Waals surface area contributed by atoms with Gasteiger partial charge in [-0.05, 0) is 109 Å². The Morgan fingerprint density at radius 1 is 0.570 bits per heavy atom. The minimum atomic E-state index is -0.807. The molecule has 3 fully saturated rings. The van der Waals surface area contributed by atoms with E-state index < -0.39 is 22.6 Å². The topological polar surface area (TPSA) is 221 Å². The molecule has 19 heteroatoms. The van der Waals surface area contributed by atoms with Gasteiger partial charge in [0.25, 0.3) is 0 Å². The number of primary amides is 2. The summed E-state index contributed by atoms with van der Waals surface area (Å²) < 4.78 is 8.09. The number of benzene rings is 6. The van der Waals surface area contributed by atoms with Crippen molar-refractivity contribution in [2.24, 2.45) is 11.5 Å². The van der Waals surface area contributed by atoms with Crippen LogP contribution >= 0.6 is 0 Å². The summed E-state index contributed by atoms with van der Waals surface area (Å²) in [5, 5.41) is 29.0. The summed E-state index contributed by atoms with van der Waals surface area (Å²) in [4.78, 5) is 43.2. The molecule has 5 heterocycles.